The van der Waals surface area contributed by atoms with Gasteiger partial charge < -0.3 is 18.6 Å². The van der Waals surface area contributed by atoms with Crippen molar-refractivity contribution in [3.8, 4) is 22.8 Å². The fourth-order valence-electron chi connectivity index (χ4n) is 4.49. The summed E-state index contributed by atoms with van der Waals surface area (Å²) >= 11 is 13.4. The van der Waals surface area contributed by atoms with Gasteiger partial charge in [0.05, 0.1) is 52.7 Å². The number of fused-ring (bicyclic) bond motifs is 1. The summed E-state index contributed by atoms with van der Waals surface area (Å²) in [6, 6.07) is 13.2. The highest BCUT2D eigenvalue weighted by atomic mass is 35.5. The number of esters is 1. The molecule has 2 aromatic carbocycles. The highest BCUT2D eigenvalue weighted by molar-refractivity contribution is 7.07. The number of ether oxygens (including phenoxy) is 3. The smallest absolute Gasteiger partial charge is 0.338 e. The molecular formula is C29H24Cl2N2O6S. The van der Waals surface area contributed by atoms with Gasteiger partial charge in [0, 0.05) is 11.6 Å². The third-order valence-corrected chi connectivity index (χ3v) is 8.07. The van der Waals surface area contributed by atoms with E-state index < -0.39 is 12.0 Å². The Morgan fingerprint density at radius 1 is 1.07 bits per heavy atom. The van der Waals surface area contributed by atoms with Crippen LogP contribution in [0.5, 0.6) is 11.5 Å². The van der Waals surface area contributed by atoms with E-state index in [1.807, 2.05) is 0 Å². The lowest BCUT2D eigenvalue weighted by molar-refractivity contribution is -0.139. The van der Waals surface area contributed by atoms with E-state index >= 15 is 0 Å². The Labute approximate surface area is 243 Å². The topological polar surface area (TPSA) is 92.3 Å². The summed E-state index contributed by atoms with van der Waals surface area (Å²) in [6.45, 7) is 3.63. The van der Waals surface area contributed by atoms with Crippen molar-refractivity contribution < 1.29 is 23.4 Å². The molecule has 1 atom stereocenters. The van der Waals surface area contributed by atoms with Crippen LogP contribution in [-0.2, 0) is 9.53 Å². The lowest BCUT2D eigenvalue weighted by Gasteiger charge is -2.25. The monoisotopic (exact) mass is 598 g/mol. The molecule has 0 fully saturated rings. The van der Waals surface area contributed by atoms with Crippen LogP contribution in [0.4, 0.5) is 0 Å². The number of thiazole rings is 1. The second-order valence-corrected chi connectivity index (χ2v) is 10.6. The molecule has 1 aliphatic rings. The highest BCUT2D eigenvalue weighted by Gasteiger charge is 2.34. The van der Waals surface area contributed by atoms with E-state index in [4.69, 9.17) is 41.8 Å². The van der Waals surface area contributed by atoms with E-state index in [0.717, 1.165) is 5.56 Å². The van der Waals surface area contributed by atoms with E-state index in [1.165, 1.54) is 30.1 Å². The normalized spacial score (nSPS) is 15.1. The molecule has 8 nitrogen and oxygen atoms in total. The van der Waals surface area contributed by atoms with Gasteiger partial charge in [-0.1, -0.05) is 40.6 Å². The summed E-state index contributed by atoms with van der Waals surface area (Å²) in [5, 5.41) is 0.855. The molecule has 40 heavy (non-hydrogen) atoms. The number of nitrogens with zero attached hydrogens (tertiary/aromatic N) is 2. The summed E-state index contributed by atoms with van der Waals surface area (Å²) in [5.74, 6) is 1.48. The van der Waals surface area contributed by atoms with E-state index in [1.54, 1.807) is 68.5 Å². The second-order valence-electron chi connectivity index (χ2n) is 8.75. The summed E-state index contributed by atoms with van der Waals surface area (Å²) in [4.78, 5) is 32.0. The first-order chi connectivity index (χ1) is 19.2. The van der Waals surface area contributed by atoms with Gasteiger partial charge in [0.1, 0.15) is 11.5 Å². The van der Waals surface area contributed by atoms with Gasteiger partial charge in [0.15, 0.2) is 16.3 Å². The van der Waals surface area contributed by atoms with E-state index in [9.17, 15) is 9.59 Å². The largest absolute Gasteiger partial charge is 0.493 e. The van der Waals surface area contributed by atoms with Crippen LogP contribution >= 0.6 is 34.5 Å². The van der Waals surface area contributed by atoms with Crippen molar-refractivity contribution in [1.29, 1.82) is 0 Å². The predicted molar refractivity (Wildman–Crippen MR) is 154 cm³/mol. The predicted octanol–water partition coefficient (Wildman–Crippen LogP) is 5.38. The van der Waals surface area contributed by atoms with Crippen LogP contribution < -0.4 is 24.4 Å². The molecule has 0 radical (unpaired) electrons. The van der Waals surface area contributed by atoms with Crippen LogP contribution in [0.2, 0.25) is 10.0 Å². The average molecular weight is 599 g/mol. The lowest BCUT2D eigenvalue weighted by Crippen LogP contribution is -2.39. The number of carbonyl (C=O) groups is 1. The SMILES string of the molecule is CCOC(=O)C1=C(C)N=c2sc(=Cc3ccc(-c4ccc(Cl)c(Cl)c4)o3)c(=O)n2C1c1ccc(OC)c(OC)c1. The molecule has 206 valence electrons. The maximum absolute atomic E-state index is 13.8. The van der Waals surface area contributed by atoms with Crippen LogP contribution in [0.25, 0.3) is 17.4 Å². The number of hydrogen-bond acceptors (Lipinski definition) is 8. The Morgan fingerprint density at radius 3 is 2.55 bits per heavy atom. The third kappa shape index (κ3) is 5.08. The molecule has 0 saturated heterocycles. The van der Waals surface area contributed by atoms with Crippen molar-refractivity contribution in [2.24, 2.45) is 4.99 Å². The standard InChI is InChI=1S/C29H24Cl2N2O6S/c1-5-38-28(35)25-15(2)32-29-33(26(25)17-7-10-22(36-3)23(13-17)37-4)27(34)24(40-29)14-18-8-11-21(39-18)16-6-9-19(30)20(31)12-16/h6-14,26H,5H2,1-4H3. The minimum atomic E-state index is -0.791. The van der Waals surface area contributed by atoms with Gasteiger partial charge in [-0.05, 0) is 61.9 Å². The van der Waals surface area contributed by atoms with Gasteiger partial charge in [0.25, 0.3) is 5.56 Å². The molecule has 11 heteroatoms. The average Bonchev–Trinajstić information content (AvgIpc) is 3.53. The van der Waals surface area contributed by atoms with Crippen molar-refractivity contribution in [2.45, 2.75) is 19.9 Å². The van der Waals surface area contributed by atoms with Crippen molar-refractivity contribution in [2.75, 3.05) is 20.8 Å². The van der Waals surface area contributed by atoms with Gasteiger partial charge in [-0.25, -0.2) is 9.79 Å². The number of halogens is 2. The van der Waals surface area contributed by atoms with Gasteiger partial charge >= 0.3 is 5.97 Å². The number of carbonyl (C=O) groups excluding carboxylic acids is 1. The van der Waals surface area contributed by atoms with Crippen LogP contribution in [-0.4, -0.2) is 31.4 Å². The van der Waals surface area contributed by atoms with Gasteiger partial charge in [-0.2, -0.15) is 0 Å². The maximum Gasteiger partial charge on any atom is 0.338 e. The number of methoxy groups -OCH3 is 2. The fourth-order valence-corrected chi connectivity index (χ4v) is 5.82. The minimum Gasteiger partial charge on any atom is -0.493 e. The summed E-state index contributed by atoms with van der Waals surface area (Å²) < 4.78 is 24.1. The molecule has 0 aliphatic carbocycles. The fraction of sp³-hybridized carbons (Fsp3) is 0.207. The summed E-state index contributed by atoms with van der Waals surface area (Å²) in [6.07, 6.45) is 1.65. The van der Waals surface area contributed by atoms with E-state index in [2.05, 4.69) is 4.99 Å². The first kappa shape index (κ1) is 27.8. The Bertz CT molecular complexity index is 1840. The molecule has 0 bridgehead atoms. The number of furan rings is 1. The summed E-state index contributed by atoms with van der Waals surface area (Å²) in [7, 11) is 3.06. The first-order valence-corrected chi connectivity index (χ1v) is 13.8. The maximum atomic E-state index is 13.8. The number of hydrogen-bond donors (Lipinski definition) is 0. The molecule has 2 aromatic heterocycles. The molecule has 1 aliphatic heterocycles. The van der Waals surface area contributed by atoms with Crippen LogP contribution in [0.3, 0.4) is 0 Å². The van der Waals surface area contributed by atoms with Crippen molar-refractivity contribution in [1.82, 2.24) is 4.57 Å². The van der Waals surface area contributed by atoms with Gasteiger partial charge in [-0.15, -0.1) is 0 Å². The zero-order chi connectivity index (χ0) is 28.6. The third-order valence-electron chi connectivity index (χ3n) is 6.34. The van der Waals surface area contributed by atoms with Gasteiger partial charge in [0.2, 0.25) is 0 Å². The highest BCUT2D eigenvalue weighted by Crippen LogP contribution is 2.36. The lowest BCUT2D eigenvalue weighted by atomic mass is 9.95. The Hall–Kier alpha value is -3.79. The summed E-state index contributed by atoms with van der Waals surface area (Å²) in [5.41, 5.74) is 1.80. The van der Waals surface area contributed by atoms with Gasteiger partial charge in [-0.3, -0.25) is 9.36 Å². The number of aromatic nitrogens is 1. The molecule has 0 saturated carbocycles. The molecule has 0 amide bonds. The quantitative estimate of drug-likeness (QED) is 0.265. The molecule has 1 unspecified atom stereocenters. The molecule has 4 aromatic rings. The molecule has 3 heterocycles. The zero-order valence-electron chi connectivity index (χ0n) is 22.0. The Kier molecular flexibility index (Phi) is 7.89. The van der Waals surface area contributed by atoms with Crippen LogP contribution in [0, 0.1) is 0 Å². The van der Waals surface area contributed by atoms with Crippen molar-refractivity contribution >= 4 is 46.6 Å². The Morgan fingerprint density at radius 2 is 1.85 bits per heavy atom. The number of allylic oxidation sites excluding steroid dienone is 1. The number of benzene rings is 2. The molecule has 0 N–H and O–H groups in total. The molecular weight excluding hydrogens is 575 g/mol. The first-order valence-electron chi connectivity index (χ1n) is 12.2. The van der Waals surface area contributed by atoms with E-state index in [0.29, 0.717) is 53.7 Å². The van der Waals surface area contributed by atoms with Crippen molar-refractivity contribution in [3.05, 3.63) is 101 Å². The molecule has 0 spiro atoms. The second kappa shape index (κ2) is 11.4. The zero-order valence-corrected chi connectivity index (χ0v) is 24.3. The van der Waals surface area contributed by atoms with Crippen molar-refractivity contribution in [3.63, 3.8) is 0 Å². The molecule has 5 rings (SSSR count). The number of rotatable bonds is 7. The Balaban J connectivity index is 1.65. The van der Waals surface area contributed by atoms with E-state index in [-0.39, 0.29) is 17.7 Å². The van der Waals surface area contributed by atoms with Crippen LogP contribution in [0.15, 0.2) is 74.0 Å². The minimum absolute atomic E-state index is 0.179. The van der Waals surface area contributed by atoms with Crippen LogP contribution in [0.1, 0.15) is 31.2 Å².